The normalized spacial score (nSPS) is 21.5. The number of nitrogens with zero attached hydrogens (tertiary/aromatic N) is 2. The summed E-state index contributed by atoms with van der Waals surface area (Å²) in [5, 5.41) is 0. The fourth-order valence-electron chi connectivity index (χ4n) is 2.98. The summed E-state index contributed by atoms with van der Waals surface area (Å²) in [7, 11) is 0. The van der Waals surface area contributed by atoms with Crippen molar-refractivity contribution in [1.82, 2.24) is 4.90 Å². The smallest absolute Gasteiger partial charge is 0.257 e. The molecule has 0 aliphatic carbocycles. The summed E-state index contributed by atoms with van der Waals surface area (Å²) < 4.78 is 0. The van der Waals surface area contributed by atoms with Crippen molar-refractivity contribution >= 4 is 23.4 Å². The Morgan fingerprint density at radius 1 is 1.29 bits per heavy atom. The molecule has 3 rings (SSSR count). The Balaban J connectivity index is 2.18. The lowest BCUT2D eigenvalue weighted by molar-refractivity contribution is -0.126. The number of amides is 3. The zero-order valence-electron chi connectivity index (χ0n) is 11.8. The first-order valence-electron chi connectivity index (χ1n) is 7.05. The van der Waals surface area contributed by atoms with Gasteiger partial charge in [-0.1, -0.05) is 18.2 Å². The topological polar surface area (TPSA) is 57.7 Å². The Hall–Kier alpha value is -2.43. The lowest BCUT2D eigenvalue weighted by atomic mass is 10.1. The van der Waals surface area contributed by atoms with E-state index in [1.807, 2.05) is 0 Å². The van der Waals surface area contributed by atoms with Crippen molar-refractivity contribution in [3.8, 4) is 0 Å². The lowest BCUT2D eigenvalue weighted by Crippen LogP contribution is -2.46. The molecule has 0 saturated carbocycles. The summed E-state index contributed by atoms with van der Waals surface area (Å²) >= 11 is 0. The molecule has 0 bridgehead atoms. The third-order valence-electron chi connectivity index (χ3n) is 3.92. The Kier molecular flexibility index (Phi) is 3.33. The second-order valence-corrected chi connectivity index (χ2v) is 5.19. The Morgan fingerprint density at radius 2 is 2.05 bits per heavy atom. The van der Waals surface area contributed by atoms with Gasteiger partial charge in [0, 0.05) is 6.54 Å². The first-order valence-corrected chi connectivity index (χ1v) is 7.05. The maximum absolute atomic E-state index is 12.7. The molecule has 5 nitrogen and oxygen atoms in total. The van der Waals surface area contributed by atoms with Crippen molar-refractivity contribution in [2.75, 3.05) is 11.4 Å². The van der Waals surface area contributed by atoms with Crippen LogP contribution in [0.3, 0.4) is 0 Å². The molecular formula is C16H16N2O3. The highest BCUT2D eigenvalue weighted by Crippen LogP contribution is 2.32. The number of carbonyl (C=O) groups excluding carboxylic acids is 3. The van der Waals surface area contributed by atoms with Crippen molar-refractivity contribution < 1.29 is 14.4 Å². The zero-order chi connectivity index (χ0) is 15.0. The minimum absolute atomic E-state index is 0.169. The standard InChI is InChI=1S/C16H16N2O3/c1-2-6-14(19)18-12-8-4-3-7-11(12)15(20)17-10-5-9-13(17)16(18)21/h2-4,6-8,13H,5,9-10H2,1H3/b6-2+/t13-/m0/s1. The summed E-state index contributed by atoms with van der Waals surface area (Å²) in [5.41, 5.74) is 0.790. The van der Waals surface area contributed by atoms with E-state index in [4.69, 9.17) is 0 Å². The van der Waals surface area contributed by atoms with Crippen LogP contribution in [0.1, 0.15) is 30.1 Å². The van der Waals surface area contributed by atoms with Gasteiger partial charge in [0.25, 0.3) is 17.7 Å². The number of benzene rings is 1. The van der Waals surface area contributed by atoms with Crippen LogP contribution >= 0.6 is 0 Å². The van der Waals surface area contributed by atoms with E-state index in [-0.39, 0.29) is 11.8 Å². The molecule has 0 aromatic heterocycles. The van der Waals surface area contributed by atoms with Crippen LogP contribution < -0.4 is 4.90 Å². The SMILES string of the molecule is C/C=C/C(=O)N1C(=O)[C@@H]2CCCN2C(=O)c2ccccc21. The van der Waals surface area contributed by atoms with E-state index in [1.54, 1.807) is 42.2 Å². The summed E-state index contributed by atoms with van der Waals surface area (Å²) in [6, 6.07) is 6.26. The molecule has 108 valence electrons. The van der Waals surface area contributed by atoms with Gasteiger partial charge in [-0.05, 0) is 38.0 Å². The first kappa shape index (κ1) is 13.5. The molecule has 21 heavy (non-hydrogen) atoms. The van der Waals surface area contributed by atoms with E-state index < -0.39 is 11.9 Å². The fourth-order valence-corrected chi connectivity index (χ4v) is 2.98. The molecule has 1 aromatic rings. The molecule has 2 heterocycles. The van der Waals surface area contributed by atoms with E-state index >= 15 is 0 Å². The van der Waals surface area contributed by atoms with E-state index in [2.05, 4.69) is 0 Å². The third kappa shape index (κ3) is 2.05. The molecule has 0 radical (unpaired) electrons. The molecule has 1 fully saturated rings. The third-order valence-corrected chi connectivity index (χ3v) is 3.92. The fraction of sp³-hybridized carbons (Fsp3) is 0.312. The van der Waals surface area contributed by atoms with E-state index in [0.717, 1.165) is 11.3 Å². The van der Waals surface area contributed by atoms with Gasteiger partial charge in [-0.3, -0.25) is 14.4 Å². The Labute approximate surface area is 122 Å². The Morgan fingerprint density at radius 3 is 2.81 bits per heavy atom. The van der Waals surface area contributed by atoms with Gasteiger partial charge in [-0.2, -0.15) is 0 Å². The molecule has 0 spiro atoms. The van der Waals surface area contributed by atoms with Crippen LogP contribution in [0.15, 0.2) is 36.4 Å². The number of imide groups is 1. The van der Waals surface area contributed by atoms with E-state index in [1.165, 1.54) is 6.08 Å². The van der Waals surface area contributed by atoms with Crippen LogP contribution in [0.25, 0.3) is 0 Å². The van der Waals surface area contributed by atoms with Crippen molar-refractivity contribution in [2.24, 2.45) is 0 Å². The number of fused-ring (bicyclic) bond motifs is 2. The number of para-hydroxylation sites is 1. The van der Waals surface area contributed by atoms with Crippen LogP contribution in [0, 0.1) is 0 Å². The minimum Gasteiger partial charge on any atom is -0.327 e. The van der Waals surface area contributed by atoms with Crippen molar-refractivity contribution in [2.45, 2.75) is 25.8 Å². The summed E-state index contributed by atoms with van der Waals surface area (Å²) in [6.45, 7) is 2.29. The van der Waals surface area contributed by atoms with Crippen LogP contribution in [-0.4, -0.2) is 35.2 Å². The molecule has 1 saturated heterocycles. The molecular weight excluding hydrogens is 268 g/mol. The highest BCUT2D eigenvalue weighted by molar-refractivity contribution is 6.24. The van der Waals surface area contributed by atoms with Crippen molar-refractivity contribution in [1.29, 1.82) is 0 Å². The monoisotopic (exact) mass is 284 g/mol. The van der Waals surface area contributed by atoms with Crippen LogP contribution in [0.4, 0.5) is 5.69 Å². The number of rotatable bonds is 1. The maximum atomic E-state index is 12.7. The van der Waals surface area contributed by atoms with Gasteiger partial charge < -0.3 is 4.90 Å². The minimum atomic E-state index is -0.529. The number of carbonyl (C=O) groups is 3. The highest BCUT2D eigenvalue weighted by atomic mass is 16.2. The zero-order valence-corrected chi connectivity index (χ0v) is 11.8. The molecule has 1 atom stereocenters. The molecule has 2 aliphatic rings. The number of anilines is 1. The largest absolute Gasteiger partial charge is 0.327 e. The Bertz CT molecular complexity index is 651. The average molecular weight is 284 g/mol. The number of hydrogen-bond acceptors (Lipinski definition) is 3. The maximum Gasteiger partial charge on any atom is 0.257 e. The predicted octanol–water partition coefficient (Wildman–Crippen LogP) is 1.74. The second kappa shape index (κ2) is 5.16. The summed E-state index contributed by atoms with van der Waals surface area (Å²) in [4.78, 5) is 40.4. The van der Waals surface area contributed by atoms with Gasteiger partial charge >= 0.3 is 0 Å². The quantitative estimate of drug-likeness (QED) is 0.738. The van der Waals surface area contributed by atoms with Gasteiger partial charge in [0.05, 0.1) is 11.3 Å². The highest BCUT2D eigenvalue weighted by Gasteiger charge is 2.43. The van der Waals surface area contributed by atoms with Crippen LogP contribution in [-0.2, 0) is 9.59 Å². The molecule has 5 heteroatoms. The number of allylic oxidation sites excluding steroid dienone is 1. The van der Waals surface area contributed by atoms with Gasteiger partial charge in [-0.15, -0.1) is 0 Å². The second-order valence-electron chi connectivity index (χ2n) is 5.19. The predicted molar refractivity (Wildman–Crippen MR) is 77.8 cm³/mol. The molecule has 1 aromatic carbocycles. The van der Waals surface area contributed by atoms with Gasteiger partial charge in [-0.25, -0.2) is 4.90 Å². The van der Waals surface area contributed by atoms with Crippen molar-refractivity contribution in [3.05, 3.63) is 42.0 Å². The van der Waals surface area contributed by atoms with Gasteiger partial charge in [0.2, 0.25) is 0 Å². The van der Waals surface area contributed by atoms with Crippen LogP contribution in [0.5, 0.6) is 0 Å². The number of hydrogen-bond donors (Lipinski definition) is 0. The molecule has 3 amide bonds. The average Bonchev–Trinajstić information content (AvgIpc) is 2.94. The van der Waals surface area contributed by atoms with Gasteiger partial charge in [0.1, 0.15) is 6.04 Å². The van der Waals surface area contributed by atoms with E-state index in [9.17, 15) is 14.4 Å². The first-order chi connectivity index (χ1) is 10.1. The summed E-state index contributed by atoms with van der Waals surface area (Å²) in [6.07, 6.45) is 4.34. The van der Waals surface area contributed by atoms with E-state index in [0.29, 0.717) is 24.2 Å². The summed E-state index contributed by atoms with van der Waals surface area (Å²) in [5.74, 6) is -0.886. The molecule has 2 aliphatic heterocycles. The molecule has 0 N–H and O–H groups in total. The van der Waals surface area contributed by atoms with Crippen LogP contribution in [0.2, 0.25) is 0 Å². The van der Waals surface area contributed by atoms with Gasteiger partial charge in [0.15, 0.2) is 0 Å². The molecule has 0 unspecified atom stereocenters. The van der Waals surface area contributed by atoms with Crippen molar-refractivity contribution in [3.63, 3.8) is 0 Å². The lowest BCUT2D eigenvalue weighted by Gasteiger charge is -2.23.